The van der Waals surface area contributed by atoms with Crippen molar-refractivity contribution in [3.8, 4) is 5.75 Å². The van der Waals surface area contributed by atoms with Crippen LogP contribution in [-0.4, -0.2) is 49.5 Å². The Hall–Kier alpha value is -2.17. The molecule has 1 atom stereocenters. The number of esters is 1. The number of nitrogens with two attached hydrogens (primary N) is 1. The van der Waals surface area contributed by atoms with Crippen LogP contribution in [0.3, 0.4) is 0 Å². The van der Waals surface area contributed by atoms with Crippen molar-refractivity contribution >= 4 is 24.2 Å². The Morgan fingerprint density at radius 3 is 2.60 bits per heavy atom. The van der Waals surface area contributed by atoms with Crippen LogP contribution in [0.2, 0.25) is 0 Å². The lowest BCUT2D eigenvalue weighted by atomic mass is 9.74. The van der Waals surface area contributed by atoms with Crippen molar-refractivity contribution in [1.82, 2.24) is 0 Å². The lowest BCUT2D eigenvalue weighted by Crippen LogP contribution is -2.47. The molecule has 0 unspecified atom stereocenters. The van der Waals surface area contributed by atoms with Gasteiger partial charge in [-0.15, -0.1) is 0 Å². The van der Waals surface area contributed by atoms with Gasteiger partial charge in [0.05, 0.1) is 12.0 Å². The monoisotopic (exact) mass is 352 g/mol. The number of ether oxygens (including phenoxy) is 1. The molecule has 1 aromatic carbocycles. The molecule has 25 heavy (non-hydrogen) atoms. The molecule has 9 nitrogen and oxygen atoms in total. The summed E-state index contributed by atoms with van der Waals surface area (Å²) < 4.78 is 15.8. The standard InChI is InChI=1S/C15H21BN2O7/c1-15(2)7-24-16(25-8-15)10-4-9(5-11(17)14(20)23-3)6-12(13(10)19)18(21)22/h4,6,11,19H,5,7-8,17H2,1-3H3/t11-/m0/s1. The SMILES string of the molecule is COC(=O)[C@@H](N)Cc1cc(B2OCC(C)(C)CO2)c(O)c([N+](=O)[O-])c1. The Bertz CT molecular complexity index is 670. The number of carbonyl (C=O) groups is 1. The van der Waals surface area contributed by atoms with Crippen LogP contribution < -0.4 is 11.2 Å². The van der Waals surface area contributed by atoms with E-state index in [-0.39, 0.29) is 17.3 Å². The van der Waals surface area contributed by atoms with E-state index in [2.05, 4.69) is 4.74 Å². The van der Waals surface area contributed by atoms with Gasteiger partial charge >= 0.3 is 18.8 Å². The van der Waals surface area contributed by atoms with Crippen LogP contribution in [0.1, 0.15) is 19.4 Å². The number of phenolic OH excluding ortho intramolecular Hbond substituents is 1. The zero-order chi connectivity index (χ0) is 18.8. The van der Waals surface area contributed by atoms with Crippen LogP contribution in [0, 0.1) is 15.5 Å². The van der Waals surface area contributed by atoms with Gasteiger partial charge in [-0.1, -0.05) is 19.9 Å². The van der Waals surface area contributed by atoms with Crippen molar-refractivity contribution in [2.24, 2.45) is 11.1 Å². The number of aromatic hydroxyl groups is 1. The Morgan fingerprint density at radius 2 is 2.08 bits per heavy atom. The third-order valence-electron chi connectivity index (χ3n) is 3.84. The average Bonchev–Trinajstić information content (AvgIpc) is 2.55. The van der Waals surface area contributed by atoms with Gasteiger partial charge in [0.15, 0.2) is 5.75 Å². The maximum absolute atomic E-state index is 11.5. The second-order valence-electron chi connectivity index (χ2n) is 6.76. The molecule has 2 rings (SSSR count). The summed E-state index contributed by atoms with van der Waals surface area (Å²) in [5.41, 5.74) is 5.56. The maximum atomic E-state index is 11.5. The van der Waals surface area contributed by atoms with E-state index >= 15 is 0 Å². The van der Waals surface area contributed by atoms with E-state index < -0.39 is 35.5 Å². The van der Waals surface area contributed by atoms with Crippen molar-refractivity contribution in [3.63, 3.8) is 0 Å². The lowest BCUT2D eigenvalue weighted by molar-refractivity contribution is -0.385. The zero-order valence-corrected chi connectivity index (χ0v) is 14.4. The summed E-state index contributed by atoms with van der Waals surface area (Å²) in [7, 11) is 0.277. The molecule has 1 aliphatic rings. The molecule has 1 aliphatic heterocycles. The number of benzene rings is 1. The van der Waals surface area contributed by atoms with E-state index in [4.69, 9.17) is 15.0 Å². The summed E-state index contributed by atoms with van der Waals surface area (Å²) >= 11 is 0. The van der Waals surface area contributed by atoms with Gasteiger partial charge in [-0.05, 0) is 12.0 Å². The predicted molar refractivity (Wildman–Crippen MR) is 89.5 cm³/mol. The first-order chi connectivity index (χ1) is 11.6. The third kappa shape index (κ3) is 4.47. The number of nitro groups is 1. The Morgan fingerprint density at radius 1 is 1.48 bits per heavy atom. The summed E-state index contributed by atoms with van der Waals surface area (Å²) in [6.45, 7) is 4.66. The molecule has 3 N–H and O–H groups in total. The number of nitrogens with zero attached hydrogens (tertiary/aromatic N) is 1. The maximum Gasteiger partial charge on any atom is 0.498 e. The van der Waals surface area contributed by atoms with Crippen molar-refractivity contribution in [2.45, 2.75) is 26.3 Å². The summed E-state index contributed by atoms with van der Waals surface area (Å²) in [5.74, 6) is -1.16. The van der Waals surface area contributed by atoms with Crippen molar-refractivity contribution in [1.29, 1.82) is 0 Å². The number of hydrogen-bond acceptors (Lipinski definition) is 8. The average molecular weight is 352 g/mol. The number of methoxy groups -OCH3 is 1. The predicted octanol–water partition coefficient (Wildman–Crippen LogP) is 0.111. The van der Waals surface area contributed by atoms with Gasteiger partial charge < -0.3 is 24.9 Å². The normalized spacial score (nSPS) is 17.8. The second kappa shape index (κ2) is 7.38. The molecule has 0 spiro atoms. The summed E-state index contributed by atoms with van der Waals surface area (Å²) in [6, 6.07) is 1.69. The van der Waals surface area contributed by atoms with Crippen molar-refractivity contribution in [2.75, 3.05) is 20.3 Å². The van der Waals surface area contributed by atoms with Crippen molar-refractivity contribution in [3.05, 3.63) is 27.8 Å². The first kappa shape index (κ1) is 19.2. The molecule has 0 saturated carbocycles. The fourth-order valence-electron chi connectivity index (χ4n) is 2.50. The van der Waals surface area contributed by atoms with E-state index in [0.717, 1.165) is 0 Å². The first-order valence-corrected chi connectivity index (χ1v) is 7.71. The minimum Gasteiger partial charge on any atom is -0.502 e. The number of phenols is 1. The van der Waals surface area contributed by atoms with E-state index in [1.165, 1.54) is 19.2 Å². The van der Waals surface area contributed by atoms with Gasteiger partial charge in [0.2, 0.25) is 0 Å². The highest BCUT2D eigenvalue weighted by Crippen LogP contribution is 2.28. The van der Waals surface area contributed by atoms with Gasteiger partial charge in [-0.3, -0.25) is 14.9 Å². The van der Waals surface area contributed by atoms with E-state index in [1.54, 1.807) is 0 Å². The minimum absolute atomic E-state index is 0.0129. The van der Waals surface area contributed by atoms with Gasteiger partial charge in [0, 0.05) is 30.2 Å². The largest absolute Gasteiger partial charge is 0.502 e. The summed E-state index contributed by atoms with van der Waals surface area (Å²) in [4.78, 5) is 22.0. The van der Waals surface area contributed by atoms with Crippen LogP contribution in [0.25, 0.3) is 0 Å². The smallest absolute Gasteiger partial charge is 0.498 e. The molecule has 136 valence electrons. The first-order valence-electron chi connectivity index (χ1n) is 7.71. The Balaban J connectivity index is 2.35. The molecule has 0 amide bonds. The quantitative estimate of drug-likeness (QED) is 0.330. The fourth-order valence-corrected chi connectivity index (χ4v) is 2.50. The molecule has 10 heteroatoms. The topological polar surface area (TPSA) is 134 Å². The highest BCUT2D eigenvalue weighted by atomic mass is 16.6. The zero-order valence-electron chi connectivity index (χ0n) is 14.4. The molecule has 1 fully saturated rings. The van der Waals surface area contributed by atoms with Crippen LogP contribution >= 0.6 is 0 Å². The highest BCUT2D eigenvalue weighted by molar-refractivity contribution is 6.62. The molecule has 0 aliphatic carbocycles. The molecular weight excluding hydrogens is 331 g/mol. The molecule has 1 aromatic rings. The summed E-state index contributed by atoms with van der Waals surface area (Å²) in [5, 5.41) is 21.5. The molecular formula is C15H21BN2O7. The minimum atomic E-state index is -0.978. The fraction of sp³-hybridized carbons (Fsp3) is 0.533. The third-order valence-corrected chi connectivity index (χ3v) is 3.84. The van der Waals surface area contributed by atoms with Gasteiger partial charge in [0.25, 0.3) is 0 Å². The van der Waals surface area contributed by atoms with Crippen LogP contribution in [0.15, 0.2) is 12.1 Å². The van der Waals surface area contributed by atoms with Crippen molar-refractivity contribution < 1.29 is 28.9 Å². The van der Waals surface area contributed by atoms with E-state index in [0.29, 0.717) is 18.8 Å². The number of rotatable bonds is 5. The number of hydrogen-bond donors (Lipinski definition) is 2. The van der Waals surface area contributed by atoms with E-state index in [1.807, 2.05) is 13.8 Å². The highest BCUT2D eigenvalue weighted by Gasteiger charge is 2.37. The van der Waals surface area contributed by atoms with Crippen LogP contribution in [-0.2, 0) is 25.3 Å². The second-order valence-corrected chi connectivity index (χ2v) is 6.76. The van der Waals surface area contributed by atoms with Gasteiger partial charge in [0.1, 0.15) is 6.04 Å². The number of carbonyl (C=O) groups excluding carboxylic acids is 1. The van der Waals surface area contributed by atoms with Crippen LogP contribution in [0.5, 0.6) is 5.75 Å². The molecule has 0 radical (unpaired) electrons. The Kier molecular flexibility index (Phi) is 5.66. The molecule has 0 bridgehead atoms. The summed E-state index contributed by atoms with van der Waals surface area (Å²) in [6.07, 6.45) is 0.0129. The van der Waals surface area contributed by atoms with Crippen LogP contribution in [0.4, 0.5) is 5.69 Å². The number of nitro benzene ring substituents is 1. The molecule has 0 aromatic heterocycles. The van der Waals surface area contributed by atoms with Gasteiger partial charge in [-0.2, -0.15) is 0 Å². The Labute approximate surface area is 145 Å². The molecule has 1 heterocycles. The van der Waals surface area contributed by atoms with E-state index in [9.17, 15) is 20.0 Å². The van der Waals surface area contributed by atoms with Gasteiger partial charge in [-0.25, -0.2) is 0 Å². The molecule has 1 saturated heterocycles. The lowest BCUT2D eigenvalue weighted by Gasteiger charge is -2.33.